The molecular formula is C23H19ClN4O2S. The molecule has 4 rings (SSSR count). The lowest BCUT2D eigenvalue weighted by Gasteiger charge is -2.12. The second-order valence-corrected chi connectivity index (χ2v) is 8.44. The molecule has 0 aliphatic carbocycles. The van der Waals surface area contributed by atoms with Crippen LogP contribution in [0.4, 0.5) is 5.13 Å². The van der Waals surface area contributed by atoms with E-state index >= 15 is 0 Å². The standard InChI is InChI=1S/C23H19ClN4O2S/c1-13-8-9-14(2)16(10-13)18-12-31-23(25-18)26-22(30)21-20(29)11-15(3)28(27-21)19-7-5-4-6-17(19)24/h4-12H,1-3H3,(H,25,26,30). The number of nitrogens with zero attached hydrogens (tertiary/aromatic N) is 3. The number of para-hydroxylation sites is 1. The summed E-state index contributed by atoms with van der Waals surface area (Å²) in [6, 6.07) is 14.6. The number of amides is 1. The predicted octanol–water partition coefficient (Wildman–Crippen LogP) is 5.19. The van der Waals surface area contributed by atoms with Crippen LogP contribution in [0.1, 0.15) is 27.3 Å². The van der Waals surface area contributed by atoms with Crippen molar-refractivity contribution in [1.82, 2.24) is 14.8 Å². The molecule has 6 nitrogen and oxygen atoms in total. The Morgan fingerprint density at radius 3 is 2.65 bits per heavy atom. The molecule has 4 aromatic rings. The van der Waals surface area contributed by atoms with Crippen molar-refractivity contribution >= 4 is 34.0 Å². The molecule has 0 radical (unpaired) electrons. The summed E-state index contributed by atoms with van der Waals surface area (Å²) in [4.78, 5) is 29.8. The highest BCUT2D eigenvalue weighted by atomic mass is 35.5. The molecule has 0 atom stereocenters. The Kier molecular flexibility index (Phi) is 5.71. The van der Waals surface area contributed by atoms with Crippen LogP contribution in [0.2, 0.25) is 5.02 Å². The van der Waals surface area contributed by atoms with Gasteiger partial charge in [-0.2, -0.15) is 5.10 Å². The summed E-state index contributed by atoms with van der Waals surface area (Å²) in [5.74, 6) is -0.618. The third-order valence-corrected chi connectivity index (χ3v) is 5.87. The third kappa shape index (κ3) is 4.28. The first-order valence-electron chi connectivity index (χ1n) is 9.54. The van der Waals surface area contributed by atoms with Crippen molar-refractivity contribution in [3.05, 3.63) is 91.7 Å². The maximum atomic E-state index is 12.8. The number of carbonyl (C=O) groups is 1. The van der Waals surface area contributed by atoms with Crippen molar-refractivity contribution in [2.75, 3.05) is 5.32 Å². The number of hydrogen-bond acceptors (Lipinski definition) is 5. The SMILES string of the molecule is Cc1ccc(C)c(-c2csc(NC(=O)c3nn(-c4ccccc4Cl)c(C)cc3=O)n2)c1. The Labute approximate surface area is 188 Å². The summed E-state index contributed by atoms with van der Waals surface area (Å²) in [6.45, 7) is 5.77. The van der Waals surface area contributed by atoms with Crippen molar-refractivity contribution < 1.29 is 4.79 Å². The fraction of sp³-hybridized carbons (Fsp3) is 0.130. The quantitative estimate of drug-likeness (QED) is 0.464. The highest BCUT2D eigenvalue weighted by Gasteiger charge is 2.18. The highest BCUT2D eigenvalue weighted by Crippen LogP contribution is 2.28. The smallest absolute Gasteiger partial charge is 0.281 e. The Morgan fingerprint density at radius 2 is 1.87 bits per heavy atom. The molecule has 0 spiro atoms. The van der Waals surface area contributed by atoms with Gasteiger partial charge in [0.05, 0.1) is 16.4 Å². The van der Waals surface area contributed by atoms with Crippen molar-refractivity contribution in [2.24, 2.45) is 0 Å². The number of rotatable bonds is 4. The molecule has 1 amide bonds. The van der Waals surface area contributed by atoms with Crippen LogP contribution in [-0.2, 0) is 0 Å². The molecule has 0 saturated heterocycles. The first-order valence-corrected chi connectivity index (χ1v) is 10.8. The Bertz CT molecular complexity index is 1360. The zero-order valence-electron chi connectivity index (χ0n) is 17.1. The Morgan fingerprint density at radius 1 is 1.10 bits per heavy atom. The van der Waals surface area contributed by atoms with Gasteiger partial charge in [-0.1, -0.05) is 41.4 Å². The molecule has 0 aliphatic heterocycles. The van der Waals surface area contributed by atoms with Crippen molar-refractivity contribution in [1.29, 1.82) is 0 Å². The van der Waals surface area contributed by atoms with E-state index in [1.807, 2.05) is 37.4 Å². The number of thiazole rings is 1. The van der Waals surface area contributed by atoms with Gasteiger partial charge in [0.15, 0.2) is 10.8 Å². The van der Waals surface area contributed by atoms with E-state index in [4.69, 9.17) is 11.6 Å². The minimum absolute atomic E-state index is 0.228. The normalized spacial score (nSPS) is 10.8. The molecule has 0 bridgehead atoms. The maximum Gasteiger partial charge on any atom is 0.281 e. The zero-order chi connectivity index (χ0) is 22.1. The van der Waals surface area contributed by atoms with E-state index in [0.29, 0.717) is 21.5 Å². The van der Waals surface area contributed by atoms with Gasteiger partial charge >= 0.3 is 0 Å². The predicted molar refractivity (Wildman–Crippen MR) is 125 cm³/mol. The van der Waals surface area contributed by atoms with Gasteiger partial charge in [0.2, 0.25) is 5.43 Å². The zero-order valence-corrected chi connectivity index (χ0v) is 18.7. The summed E-state index contributed by atoms with van der Waals surface area (Å²) in [7, 11) is 0. The van der Waals surface area contributed by atoms with Crippen LogP contribution in [-0.4, -0.2) is 20.7 Å². The second kappa shape index (κ2) is 8.45. The minimum atomic E-state index is -0.618. The van der Waals surface area contributed by atoms with Gasteiger partial charge in [-0.3, -0.25) is 14.9 Å². The van der Waals surface area contributed by atoms with E-state index in [9.17, 15) is 9.59 Å². The monoisotopic (exact) mass is 450 g/mol. The molecule has 2 heterocycles. The van der Waals surface area contributed by atoms with Crippen LogP contribution in [0.15, 0.2) is 58.7 Å². The summed E-state index contributed by atoms with van der Waals surface area (Å²) in [6.07, 6.45) is 0. The van der Waals surface area contributed by atoms with Crippen LogP contribution < -0.4 is 10.7 Å². The van der Waals surface area contributed by atoms with Gasteiger partial charge in [0.1, 0.15) is 0 Å². The number of hydrogen-bond donors (Lipinski definition) is 1. The first kappa shape index (κ1) is 21.0. The lowest BCUT2D eigenvalue weighted by Crippen LogP contribution is -2.27. The Balaban J connectivity index is 1.65. The van der Waals surface area contributed by atoms with Gasteiger partial charge in [-0.25, -0.2) is 9.67 Å². The summed E-state index contributed by atoms with van der Waals surface area (Å²) < 4.78 is 1.49. The lowest BCUT2D eigenvalue weighted by atomic mass is 10.0. The van der Waals surface area contributed by atoms with Crippen LogP contribution in [0, 0.1) is 20.8 Å². The highest BCUT2D eigenvalue weighted by molar-refractivity contribution is 7.14. The van der Waals surface area contributed by atoms with Crippen LogP contribution in [0.5, 0.6) is 0 Å². The minimum Gasteiger partial charge on any atom is -0.296 e. The maximum absolute atomic E-state index is 12.8. The summed E-state index contributed by atoms with van der Waals surface area (Å²) in [5, 5.41) is 9.71. The van der Waals surface area contributed by atoms with E-state index in [1.54, 1.807) is 25.1 Å². The number of carbonyl (C=O) groups excluding carboxylic acids is 1. The molecule has 0 saturated carbocycles. The van der Waals surface area contributed by atoms with E-state index < -0.39 is 11.3 Å². The van der Waals surface area contributed by atoms with Crippen molar-refractivity contribution in [3.63, 3.8) is 0 Å². The largest absolute Gasteiger partial charge is 0.296 e. The van der Waals surface area contributed by atoms with Crippen LogP contribution in [0.3, 0.4) is 0 Å². The third-order valence-electron chi connectivity index (χ3n) is 4.80. The van der Waals surface area contributed by atoms with Crippen LogP contribution in [0.25, 0.3) is 16.9 Å². The average molecular weight is 451 g/mol. The number of aryl methyl sites for hydroxylation is 3. The molecule has 0 unspecified atom stereocenters. The molecule has 31 heavy (non-hydrogen) atoms. The van der Waals surface area contributed by atoms with E-state index in [0.717, 1.165) is 22.4 Å². The molecule has 8 heteroatoms. The van der Waals surface area contributed by atoms with E-state index in [1.165, 1.54) is 22.1 Å². The molecule has 1 N–H and O–H groups in total. The number of aromatic nitrogens is 3. The number of benzene rings is 2. The molecule has 0 fully saturated rings. The van der Waals surface area contributed by atoms with Gasteiger partial charge in [0, 0.05) is 22.7 Å². The summed E-state index contributed by atoms with van der Waals surface area (Å²) in [5.41, 5.74) is 4.46. The van der Waals surface area contributed by atoms with Crippen molar-refractivity contribution in [3.8, 4) is 16.9 Å². The number of halogens is 1. The molecule has 2 aromatic carbocycles. The van der Waals surface area contributed by atoms with E-state index in [2.05, 4.69) is 21.5 Å². The van der Waals surface area contributed by atoms with Crippen molar-refractivity contribution in [2.45, 2.75) is 20.8 Å². The number of nitrogens with one attached hydrogen (secondary N) is 1. The van der Waals surface area contributed by atoms with E-state index in [-0.39, 0.29) is 5.69 Å². The van der Waals surface area contributed by atoms with Gasteiger partial charge in [-0.05, 0) is 44.5 Å². The van der Waals surface area contributed by atoms with Gasteiger partial charge in [0.25, 0.3) is 5.91 Å². The van der Waals surface area contributed by atoms with Gasteiger partial charge in [-0.15, -0.1) is 11.3 Å². The topological polar surface area (TPSA) is 76.9 Å². The average Bonchev–Trinajstić information content (AvgIpc) is 3.19. The fourth-order valence-electron chi connectivity index (χ4n) is 3.20. The Hall–Kier alpha value is -3.29. The molecule has 156 valence electrons. The molecule has 2 aromatic heterocycles. The molecular weight excluding hydrogens is 432 g/mol. The summed E-state index contributed by atoms with van der Waals surface area (Å²) >= 11 is 7.56. The number of anilines is 1. The molecule has 0 aliphatic rings. The first-order chi connectivity index (χ1) is 14.8. The van der Waals surface area contributed by atoms with Gasteiger partial charge < -0.3 is 0 Å². The second-order valence-electron chi connectivity index (χ2n) is 7.17. The van der Waals surface area contributed by atoms with Crippen LogP contribution >= 0.6 is 22.9 Å². The fourth-order valence-corrected chi connectivity index (χ4v) is 4.12. The lowest BCUT2D eigenvalue weighted by molar-refractivity contribution is 0.101.